The van der Waals surface area contributed by atoms with E-state index in [9.17, 15) is 23.2 Å². The van der Waals surface area contributed by atoms with Gasteiger partial charge in [0, 0.05) is 11.8 Å². The van der Waals surface area contributed by atoms with Gasteiger partial charge in [-0.25, -0.2) is 18.4 Å². The van der Waals surface area contributed by atoms with E-state index < -0.39 is 42.2 Å². The van der Waals surface area contributed by atoms with Gasteiger partial charge in [0.15, 0.2) is 18.2 Å². The van der Waals surface area contributed by atoms with Gasteiger partial charge in [-0.1, -0.05) is 0 Å². The van der Waals surface area contributed by atoms with Crippen LogP contribution in [0.3, 0.4) is 0 Å². The van der Waals surface area contributed by atoms with Gasteiger partial charge in [-0.2, -0.15) is 11.8 Å². The maximum atomic E-state index is 13.0. The third-order valence-corrected chi connectivity index (χ3v) is 3.40. The molecule has 0 radical (unpaired) electrons. The van der Waals surface area contributed by atoms with Crippen molar-refractivity contribution in [3.05, 3.63) is 29.8 Å². The molecule has 4 N–H and O–H groups in total. The lowest BCUT2D eigenvalue weighted by Crippen LogP contribution is -2.45. The molecular weight excluding hydrogens is 344 g/mol. The molecule has 3 amide bonds. The number of carbonyl (C=O) groups is 3. The minimum Gasteiger partial charge on any atom is -0.454 e. The number of carbonyl (C=O) groups excluding carboxylic acids is 3. The van der Waals surface area contributed by atoms with Crippen LogP contribution in [0.4, 0.5) is 19.3 Å². The molecule has 0 aliphatic heterocycles. The number of halogens is 2. The van der Waals surface area contributed by atoms with Crippen LogP contribution in [0, 0.1) is 11.6 Å². The lowest BCUT2D eigenvalue weighted by atomic mass is 10.2. The molecule has 132 valence electrons. The summed E-state index contributed by atoms with van der Waals surface area (Å²) < 4.78 is 30.6. The van der Waals surface area contributed by atoms with Gasteiger partial charge in [-0.15, -0.1) is 0 Å². The van der Waals surface area contributed by atoms with Crippen LogP contribution in [-0.4, -0.2) is 42.6 Å². The van der Waals surface area contributed by atoms with Crippen molar-refractivity contribution < 1.29 is 27.9 Å². The van der Waals surface area contributed by atoms with E-state index >= 15 is 0 Å². The van der Waals surface area contributed by atoms with E-state index in [0.29, 0.717) is 5.75 Å². The molecule has 0 heterocycles. The van der Waals surface area contributed by atoms with E-state index in [1.807, 2.05) is 6.26 Å². The average molecular weight is 361 g/mol. The Bertz CT molecular complexity index is 616. The van der Waals surface area contributed by atoms with E-state index in [-0.39, 0.29) is 12.1 Å². The second-order valence-corrected chi connectivity index (χ2v) is 5.61. The third kappa shape index (κ3) is 6.82. The van der Waals surface area contributed by atoms with E-state index in [2.05, 4.69) is 10.6 Å². The SMILES string of the molecule is CSCC[C@H](NC(N)=O)C(=O)OCC(=O)Nc1ccc(F)c(F)c1. The lowest BCUT2D eigenvalue weighted by molar-refractivity contribution is -0.149. The van der Waals surface area contributed by atoms with Gasteiger partial charge in [0.05, 0.1) is 0 Å². The third-order valence-electron chi connectivity index (χ3n) is 2.76. The highest BCUT2D eigenvalue weighted by Gasteiger charge is 2.21. The molecule has 1 rings (SSSR count). The number of nitrogens with two attached hydrogens (primary N) is 1. The molecule has 0 unspecified atom stereocenters. The number of amides is 3. The number of ether oxygens (including phenoxy) is 1. The van der Waals surface area contributed by atoms with Crippen LogP contribution in [0.2, 0.25) is 0 Å². The maximum Gasteiger partial charge on any atom is 0.329 e. The minimum atomic E-state index is -1.12. The summed E-state index contributed by atoms with van der Waals surface area (Å²) >= 11 is 1.46. The Kier molecular flexibility index (Phi) is 7.96. The van der Waals surface area contributed by atoms with Gasteiger partial charge in [-0.3, -0.25) is 4.79 Å². The molecule has 0 bridgehead atoms. The van der Waals surface area contributed by atoms with E-state index in [1.165, 1.54) is 11.8 Å². The highest BCUT2D eigenvalue weighted by Crippen LogP contribution is 2.13. The Morgan fingerprint density at radius 2 is 2.00 bits per heavy atom. The van der Waals surface area contributed by atoms with E-state index in [0.717, 1.165) is 18.2 Å². The van der Waals surface area contributed by atoms with Crippen molar-refractivity contribution in [2.75, 3.05) is 23.9 Å². The van der Waals surface area contributed by atoms with Crippen LogP contribution in [0.15, 0.2) is 18.2 Å². The number of hydrogen-bond donors (Lipinski definition) is 3. The number of primary amides is 1. The highest BCUT2D eigenvalue weighted by atomic mass is 32.2. The van der Waals surface area contributed by atoms with Crippen LogP contribution in [0.1, 0.15) is 6.42 Å². The van der Waals surface area contributed by atoms with Crippen LogP contribution in [-0.2, 0) is 14.3 Å². The summed E-state index contributed by atoms with van der Waals surface area (Å²) in [4.78, 5) is 34.4. The zero-order chi connectivity index (χ0) is 18.1. The van der Waals surface area contributed by atoms with Crippen molar-refractivity contribution in [2.24, 2.45) is 5.73 Å². The first-order valence-electron chi connectivity index (χ1n) is 6.80. The number of urea groups is 1. The number of anilines is 1. The van der Waals surface area contributed by atoms with Gasteiger partial charge in [0.25, 0.3) is 5.91 Å². The molecule has 0 spiro atoms. The summed E-state index contributed by atoms with van der Waals surface area (Å²) in [5.41, 5.74) is 5.00. The molecule has 0 aliphatic rings. The fourth-order valence-electron chi connectivity index (χ4n) is 1.66. The lowest BCUT2D eigenvalue weighted by Gasteiger charge is -2.15. The quantitative estimate of drug-likeness (QED) is 0.603. The van der Waals surface area contributed by atoms with Crippen molar-refractivity contribution in [2.45, 2.75) is 12.5 Å². The van der Waals surface area contributed by atoms with Gasteiger partial charge in [0.2, 0.25) is 0 Å². The zero-order valence-electron chi connectivity index (χ0n) is 12.8. The molecule has 24 heavy (non-hydrogen) atoms. The van der Waals surface area contributed by atoms with Crippen molar-refractivity contribution in [1.82, 2.24) is 5.32 Å². The van der Waals surface area contributed by atoms with Crippen LogP contribution in [0.25, 0.3) is 0 Å². The van der Waals surface area contributed by atoms with Crippen molar-refractivity contribution in [3.63, 3.8) is 0 Å². The van der Waals surface area contributed by atoms with Crippen molar-refractivity contribution in [3.8, 4) is 0 Å². The van der Waals surface area contributed by atoms with E-state index in [4.69, 9.17) is 10.5 Å². The van der Waals surface area contributed by atoms with Crippen molar-refractivity contribution in [1.29, 1.82) is 0 Å². The van der Waals surface area contributed by atoms with Crippen LogP contribution in [0.5, 0.6) is 0 Å². The number of rotatable bonds is 8. The summed E-state index contributed by atoms with van der Waals surface area (Å²) in [6, 6.07) is 0.959. The number of nitrogens with one attached hydrogen (secondary N) is 2. The molecular formula is C14H17F2N3O4S. The number of hydrogen-bond acceptors (Lipinski definition) is 5. The molecule has 0 aromatic heterocycles. The second kappa shape index (κ2) is 9.71. The molecule has 1 atom stereocenters. The molecule has 0 fully saturated rings. The number of esters is 1. The Balaban J connectivity index is 2.52. The smallest absolute Gasteiger partial charge is 0.329 e. The predicted molar refractivity (Wildman–Crippen MR) is 85.5 cm³/mol. The fraction of sp³-hybridized carbons (Fsp3) is 0.357. The first kappa shape index (κ1) is 19.7. The fourth-order valence-corrected chi connectivity index (χ4v) is 2.14. The molecule has 0 saturated carbocycles. The Morgan fingerprint density at radius 3 is 2.58 bits per heavy atom. The molecule has 0 aliphatic carbocycles. The summed E-state index contributed by atoms with van der Waals surface area (Å²) in [5, 5.41) is 4.48. The van der Waals surface area contributed by atoms with Gasteiger partial charge in [0.1, 0.15) is 6.04 Å². The zero-order valence-corrected chi connectivity index (χ0v) is 13.6. The standard InChI is InChI=1S/C14H17F2N3O4S/c1-24-5-4-11(19-14(17)22)13(21)23-7-12(20)18-8-2-3-9(15)10(16)6-8/h2-3,6,11H,4-5,7H2,1H3,(H,18,20)(H3,17,19,22)/t11-/m0/s1. The van der Waals surface area contributed by atoms with Crippen LogP contribution >= 0.6 is 11.8 Å². The van der Waals surface area contributed by atoms with Gasteiger partial charge in [-0.05, 0) is 30.6 Å². The molecule has 7 nitrogen and oxygen atoms in total. The molecule has 10 heteroatoms. The minimum absolute atomic E-state index is 0.0177. The van der Waals surface area contributed by atoms with Gasteiger partial charge >= 0.3 is 12.0 Å². The van der Waals surface area contributed by atoms with Gasteiger partial charge < -0.3 is 21.1 Å². The monoisotopic (exact) mass is 361 g/mol. The van der Waals surface area contributed by atoms with Crippen LogP contribution < -0.4 is 16.4 Å². The molecule has 0 saturated heterocycles. The Hall–Kier alpha value is -2.36. The predicted octanol–water partition coefficient (Wildman–Crippen LogP) is 1.24. The normalized spacial score (nSPS) is 11.5. The second-order valence-electron chi connectivity index (χ2n) is 4.63. The van der Waals surface area contributed by atoms with Crippen molar-refractivity contribution >= 4 is 35.4 Å². The Morgan fingerprint density at radius 1 is 1.29 bits per heavy atom. The molecule has 1 aromatic rings. The number of benzene rings is 1. The number of thioether (sulfide) groups is 1. The first-order chi connectivity index (χ1) is 11.3. The summed E-state index contributed by atoms with van der Waals surface area (Å²) in [5.74, 6) is -3.15. The summed E-state index contributed by atoms with van der Waals surface area (Å²) in [6.45, 7) is -0.645. The maximum absolute atomic E-state index is 13.0. The summed E-state index contributed by atoms with van der Waals surface area (Å²) in [6.07, 6.45) is 2.11. The summed E-state index contributed by atoms with van der Waals surface area (Å²) in [7, 11) is 0. The Labute approximate surface area is 141 Å². The molecule has 1 aromatic carbocycles. The largest absolute Gasteiger partial charge is 0.454 e. The topological polar surface area (TPSA) is 111 Å². The van der Waals surface area contributed by atoms with E-state index in [1.54, 1.807) is 0 Å². The first-order valence-corrected chi connectivity index (χ1v) is 8.19. The average Bonchev–Trinajstić information content (AvgIpc) is 2.52. The highest BCUT2D eigenvalue weighted by molar-refractivity contribution is 7.98.